The van der Waals surface area contributed by atoms with Crippen LogP contribution < -0.4 is 4.90 Å². The molecule has 1 fully saturated rings. The zero-order valence-corrected chi connectivity index (χ0v) is 9.47. The number of hydrogen-bond donors (Lipinski definition) is 1. The van der Waals surface area contributed by atoms with Crippen molar-refractivity contribution in [2.24, 2.45) is 0 Å². The van der Waals surface area contributed by atoms with Crippen LogP contribution >= 0.6 is 0 Å². The second-order valence-electron chi connectivity index (χ2n) is 4.03. The molecule has 0 amide bonds. The Kier molecular flexibility index (Phi) is 2.77. The van der Waals surface area contributed by atoms with E-state index in [1.54, 1.807) is 0 Å². The number of aromatic carboxylic acids is 1. The number of aromatic nitrogens is 2. The van der Waals surface area contributed by atoms with Gasteiger partial charge in [-0.15, -0.1) is 0 Å². The average molecular weight is 221 g/mol. The molecule has 1 aliphatic rings. The first-order chi connectivity index (χ1) is 7.63. The summed E-state index contributed by atoms with van der Waals surface area (Å²) in [4.78, 5) is 21.3. The Labute approximate surface area is 94.1 Å². The predicted molar refractivity (Wildman–Crippen MR) is 59.8 cm³/mol. The molecule has 1 saturated carbocycles. The monoisotopic (exact) mass is 221 g/mol. The van der Waals surface area contributed by atoms with E-state index in [0.717, 1.165) is 0 Å². The normalized spacial score (nSPS) is 14.9. The number of aryl methyl sites for hydroxylation is 1. The molecule has 5 heteroatoms. The van der Waals surface area contributed by atoms with Crippen LogP contribution in [0.2, 0.25) is 0 Å². The molecule has 1 aliphatic carbocycles. The van der Waals surface area contributed by atoms with E-state index in [0.29, 0.717) is 24.1 Å². The van der Waals surface area contributed by atoms with Crippen LogP contribution in [-0.2, 0) is 6.42 Å². The first-order valence-corrected chi connectivity index (χ1v) is 5.45. The van der Waals surface area contributed by atoms with E-state index in [1.165, 1.54) is 19.0 Å². The SMILES string of the molecule is CCc1nc(N(C)C2CC2)ncc1C(=O)O. The quantitative estimate of drug-likeness (QED) is 0.831. The highest BCUT2D eigenvalue weighted by Gasteiger charge is 2.28. The Hall–Kier alpha value is -1.65. The first-order valence-electron chi connectivity index (χ1n) is 5.45. The molecule has 86 valence electrons. The molecule has 1 heterocycles. The van der Waals surface area contributed by atoms with Crippen LogP contribution in [0.15, 0.2) is 6.20 Å². The minimum atomic E-state index is -0.961. The van der Waals surface area contributed by atoms with E-state index in [2.05, 4.69) is 9.97 Å². The lowest BCUT2D eigenvalue weighted by molar-refractivity contribution is 0.0694. The Bertz CT molecular complexity index is 416. The van der Waals surface area contributed by atoms with Crippen LogP contribution in [0, 0.1) is 0 Å². The molecule has 1 N–H and O–H groups in total. The fourth-order valence-corrected chi connectivity index (χ4v) is 1.65. The molecular formula is C11H15N3O2. The highest BCUT2D eigenvalue weighted by Crippen LogP contribution is 2.28. The van der Waals surface area contributed by atoms with Crippen molar-refractivity contribution in [3.05, 3.63) is 17.5 Å². The minimum Gasteiger partial charge on any atom is -0.478 e. The van der Waals surface area contributed by atoms with Crippen molar-refractivity contribution in [2.75, 3.05) is 11.9 Å². The highest BCUT2D eigenvalue weighted by molar-refractivity contribution is 5.88. The van der Waals surface area contributed by atoms with E-state index < -0.39 is 5.97 Å². The summed E-state index contributed by atoms with van der Waals surface area (Å²) in [6.07, 6.45) is 4.35. The summed E-state index contributed by atoms with van der Waals surface area (Å²) in [5.41, 5.74) is 0.806. The average Bonchev–Trinajstić information content (AvgIpc) is 3.10. The Morgan fingerprint density at radius 3 is 2.81 bits per heavy atom. The molecule has 0 bridgehead atoms. The summed E-state index contributed by atoms with van der Waals surface area (Å²) < 4.78 is 0. The molecule has 0 aliphatic heterocycles. The van der Waals surface area contributed by atoms with Gasteiger partial charge in [0.25, 0.3) is 0 Å². The Morgan fingerprint density at radius 1 is 1.62 bits per heavy atom. The van der Waals surface area contributed by atoms with Crippen molar-refractivity contribution in [3.63, 3.8) is 0 Å². The van der Waals surface area contributed by atoms with Gasteiger partial charge in [-0.3, -0.25) is 0 Å². The van der Waals surface area contributed by atoms with Crippen molar-refractivity contribution >= 4 is 11.9 Å². The number of carbonyl (C=O) groups is 1. The largest absolute Gasteiger partial charge is 0.478 e. The number of nitrogens with zero attached hydrogens (tertiary/aromatic N) is 3. The van der Waals surface area contributed by atoms with E-state index in [-0.39, 0.29) is 5.56 Å². The zero-order chi connectivity index (χ0) is 11.7. The third-order valence-corrected chi connectivity index (χ3v) is 2.83. The van der Waals surface area contributed by atoms with Crippen molar-refractivity contribution in [3.8, 4) is 0 Å². The Morgan fingerprint density at radius 2 is 2.31 bits per heavy atom. The van der Waals surface area contributed by atoms with Gasteiger partial charge in [0.2, 0.25) is 5.95 Å². The number of hydrogen-bond acceptors (Lipinski definition) is 4. The lowest BCUT2D eigenvalue weighted by Crippen LogP contribution is -2.23. The molecule has 16 heavy (non-hydrogen) atoms. The first kappa shape index (κ1) is 10.9. The maximum Gasteiger partial charge on any atom is 0.339 e. The summed E-state index contributed by atoms with van der Waals surface area (Å²) in [6, 6.07) is 0.528. The van der Waals surface area contributed by atoms with Gasteiger partial charge in [0.15, 0.2) is 0 Å². The van der Waals surface area contributed by atoms with E-state index in [4.69, 9.17) is 5.11 Å². The van der Waals surface area contributed by atoms with Crippen LogP contribution in [0.25, 0.3) is 0 Å². The molecule has 0 spiro atoms. The molecule has 0 radical (unpaired) electrons. The van der Waals surface area contributed by atoms with Crippen LogP contribution in [-0.4, -0.2) is 34.1 Å². The standard InChI is InChI=1S/C11H15N3O2/c1-3-9-8(10(15)16)6-12-11(13-9)14(2)7-4-5-7/h6-7H,3-5H2,1-2H3,(H,15,16). The van der Waals surface area contributed by atoms with E-state index in [1.807, 2.05) is 18.9 Å². The fraction of sp³-hybridized carbons (Fsp3) is 0.545. The molecule has 0 atom stereocenters. The molecule has 1 aromatic heterocycles. The summed E-state index contributed by atoms with van der Waals surface area (Å²) in [5, 5.41) is 8.95. The van der Waals surface area contributed by atoms with Crippen molar-refractivity contribution < 1.29 is 9.90 Å². The maximum absolute atomic E-state index is 10.9. The van der Waals surface area contributed by atoms with Gasteiger partial charge in [0.05, 0.1) is 11.3 Å². The lowest BCUT2D eigenvalue weighted by atomic mass is 10.2. The second kappa shape index (κ2) is 4.08. The molecular weight excluding hydrogens is 206 g/mol. The maximum atomic E-state index is 10.9. The van der Waals surface area contributed by atoms with Gasteiger partial charge in [0, 0.05) is 19.3 Å². The number of rotatable bonds is 4. The third-order valence-electron chi connectivity index (χ3n) is 2.83. The molecule has 1 aromatic rings. The van der Waals surface area contributed by atoms with Crippen LogP contribution in [0.3, 0.4) is 0 Å². The summed E-state index contributed by atoms with van der Waals surface area (Å²) in [7, 11) is 1.95. The van der Waals surface area contributed by atoms with Gasteiger partial charge >= 0.3 is 5.97 Å². The van der Waals surface area contributed by atoms with Crippen molar-refractivity contribution in [1.82, 2.24) is 9.97 Å². The topological polar surface area (TPSA) is 66.3 Å². The van der Waals surface area contributed by atoms with E-state index in [9.17, 15) is 4.79 Å². The van der Waals surface area contributed by atoms with Gasteiger partial charge in [-0.2, -0.15) is 0 Å². The fourth-order valence-electron chi connectivity index (χ4n) is 1.65. The molecule has 0 saturated heterocycles. The number of anilines is 1. The van der Waals surface area contributed by atoms with Gasteiger partial charge in [-0.1, -0.05) is 6.92 Å². The molecule has 2 rings (SSSR count). The molecule has 5 nitrogen and oxygen atoms in total. The minimum absolute atomic E-state index is 0.204. The smallest absolute Gasteiger partial charge is 0.339 e. The van der Waals surface area contributed by atoms with Crippen molar-refractivity contribution in [1.29, 1.82) is 0 Å². The third kappa shape index (κ3) is 1.98. The van der Waals surface area contributed by atoms with Gasteiger partial charge in [-0.25, -0.2) is 14.8 Å². The Balaban J connectivity index is 2.31. The molecule has 0 unspecified atom stereocenters. The highest BCUT2D eigenvalue weighted by atomic mass is 16.4. The summed E-state index contributed by atoms with van der Waals surface area (Å²) >= 11 is 0. The van der Waals surface area contributed by atoms with Gasteiger partial charge in [-0.05, 0) is 19.3 Å². The predicted octanol–water partition coefficient (Wildman–Crippen LogP) is 1.34. The zero-order valence-electron chi connectivity index (χ0n) is 9.47. The van der Waals surface area contributed by atoms with E-state index >= 15 is 0 Å². The lowest BCUT2D eigenvalue weighted by Gasteiger charge is -2.16. The number of carboxylic acids is 1. The van der Waals surface area contributed by atoms with Gasteiger partial charge in [0.1, 0.15) is 0 Å². The summed E-state index contributed by atoms with van der Waals surface area (Å²) in [5.74, 6) is -0.332. The number of carboxylic acid groups (broad SMARTS) is 1. The molecule has 0 aromatic carbocycles. The summed E-state index contributed by atoms with van der Waals surface area (Å²) in [6.45, 7) is 1.90. The van der Waals surface area contributed by atoms with Crippen LogP contribution in [0.4, 0.5) is 5.95 Å². The van der Waals surface area contributed by atoms with Crippen molar-refractivity contribution in [2.45, 2.75) is 32.2 Å². The van der Waals surface area contributed by atoms with Crippen LogP contribution in [0.1, 0.15) is 35.8 Å². The second-order valence-corrected chi connectivity index (χ2v) is 4.03. The van der Waals surface area contributed by atoms with Gasteiger partial charge < -0.3 is 10.0 Å². The van der Waals surface area contributed by atoms with Crippen LogP contribution in [0.5, 0.6) is 0 Å².